The first-order valence-corrected chi connectivity index (χ1v) is 17.7. The number of benzene rings is 3. The van der Waals surface area contributed by atoms with Gasteiger partial charge in [-0.15, -0.1) is 0 Å². The molecule has 0 radical (unpaired) electrons. The van der Waals surface area contributed by atoms with Crippen LogP contribution in [-0.2, 0) is 4.79 Å². The van der Waals surface area contributed by atoms with Crippen molar-refractivity contribution >= 4 is 29.1 Å². The SMILES string of the molecule is COc1cc(C(=O)N(C)c2ccccc2OCCC(C)CCC(=O)N2CCN(C)CC2)ccc1NC(=O)c1ccccc1OC1CCNCC1. The molecule has 0 saturated carbocycles. The van der Waals surface area contributed by atoms with Crippen LogP contribution in [-0.4, -0.2) is 101 Å². The topological polar surface area (TPSA) is 113 Å². The Labute approximate surface area is 295 Å². The lowest BCUT2D eigenvalue weighted by molar-refractivity contribution is -0.133. The Hall–Kier alpha value is -4.61. The largest absolute Gasteiger partial charge is 0.495 e. The van der Waals surface area contributed by atoms with E-state index in [1.165, 1.54) is 7.11 Å². The van der Waals surface area contributed by atoms with E-state index >= 15 is 0 Å². The second kappa shape index (κ2) is 17.9. The Kier molecular flexibility index (Phi) is 13.1. The highest BCUT2D eigenvalue weighted by Crippen LogP contribution is 2.32. The van der Waals surface area contributed by atoms with Gasteiger partial charge < -0.3 is 39.5 Å². The number of piperazine rings is 1. The summed E-state index contributed by atoms with van der Waals surface area (Å²) in [4.78, 5) is 45.5. The van der Waals surface area contributed by atoms with Crippen LogP contribution in [0.15, 0.2) is 66.7 Å². The smallest absolute Gasteiger partial charge is 0.259 e. The average Bonchev–Trinajstić information content (AvgIpc) is 3.14. The summed E-state index contributed by atoms with van der Waals surface area (Å²) in [5.41, 5.74) is 1.90. The van der Waals surface area contributed by atoms with Crippen LogP contribution in [0.2, 0.25) is 0 Å². The second-order valence-electron chi connectivity index (χ2n) is 13.2. The quantitative estimate of drug-likeness (QED) is 0.235. The molecule has 3 aromatic carbocycles. The first kappa shape index (κ1) is 36.7. The maximum absolute atomic E-state index is 13.7. The number of methoxy groups -OCH3 is 1. The molecular formula is C39H51N5O6. The lowest BCUT2D eigenvalue weighted by atomic mass is 10.0. The van der Waals surface area contributed by atoms with Crippen molar-refractivity contribution in [2.75, 3.05) is 77.3 Å². The number of carbonyl (C=O) groups is 3. The normalized spacial score (nSPS) is 16.0. The average molecular weight is 686 g/mol. The van der Waals surface area contributed by atoms with E-state index in [4.69, 9.17) is 14.2 Å². The van der Waals surface area contributed by atoms with Gasteiger partial charge in [-0.1, -0.05) is 31.2 Å². The molecule has 2 aliphatic heterocycles. The Morgan fingerprint density at radius 3 is 2.36 bits per heavy atom. The summed E-state index contributed by atoms with van der Waals surface area (Å²) in [6, 6.07) is 19.6. The lowest BCUT2D eigenvalue weighted by Gasteiger charge is -2.32. The summed E-state index contributed by atoms with van der Waals surface area (Å²) < 4.78 is 18.0. The Morgan fingerprint density at radius 1 is 0.920 bits per heavy atom. The Bertz CT molecular complexity index is 1600. The molecule has 2 aliphatic rings. The predicted octanol–water partition coefficient (Wildman–Crippen LogP) is 5.31. The van der Waals surface area contributed by atoms with Gasteiger partial charge >= 0.3 is 0 Å². The molecule has 0 aliphatic carbocycles. The van der Waals surface area contributed by atoms with Gasteiger partial charge in [0.05, 0.1) is 30.7 Å². The molecule has 0 bridgehead atoms. The number of hydrogen-bond donors (Lipinski definition) is 2. The third-order valence-corrected chi connectivity index (χ3v) is 9.51. The van der Waals surface area contributed by atoms with Gasteiger partial charge in [-0.25, -0.2) is 0 Å². The van der Waals surface area contributed by atoms with E-state index in [1.807, 2.05) is 41.3 Å². The van der Waals surface area contributed by atoms with Crippen molar-refractivity contribution in [3.63, 3.8) is 0 Å². The Balaban J connectivity index is 1.17. The van der Waals surface area contributed by atoms with E-state index in [1.54, 1.807) is 42.3 Å². The second-order valence-corrected chi connectivity index (χ2v) is 13.2. The van der Waals surface area contributed by atoms with Gasteiger partial charge in [-0.3, -0.25) is 14.4 Å². The minimum atomic E-state index is -0.328. The summed E-state index contributed by atoms with van der Waals surface area (Å²) in [5.74, 6) is 1.46. The number of ether oxygens (including phenoxy) is 3. The third kappa shape index (κ3) is 9.76. The fourth-order valence-corrected chi connectivity index (χ4v) is 6.22. The van der Waals surface area contributed by atoms with E-state index in [-0.39, 0.29) is 23.8 Å². The number of nitrogens with zero attached hydrogens (tertiary/aromatic N) is 3. The van der Waals surface area contributed by atoms with Gasteiger partial charge in [0.25, 0.3) is 11.8 Å². The summed E-state index contributed by atoms with van der Waals surface area (Å²) in [7, 11) is 5.30. The monoisotopic (exact) mass is 685 g/mol. The molecule has 3 aromatic rings. The van der Waals surface area contributed by atoms with Crippen LogP contribution < -0.4 is 29.7 Å². The highest BCUT2D eigenvalue weighted by Gasteiger charge is 2.23. The van der Waals surface area contributed by atoms with Gasteiger partial charge in [0.2, 0.25) is 5.91 Å². The minimum Gasteiger partial charge on any atom is -0.495 e. The van der Waals surface area contributed by atoms with E-state index < -0.39 is 0 Å². The van der Waals surface area contributed by atoms with Crippen molar-refractivity contribution in [2.24, 2.45) is 5.92 Å². The fraction of sp³-hybridized carbons (Fsp3) is 0.462. The summed E-state index contributed by atoms with van der Waals surface area (Å²) in [5, 5.41) is 6.26. The van der Waals surface area contributed by atoms with Crippen LogP contribution in [0, 0.1) is 5.92 Å². The molecule has 50 heavy (non-hydrogen) atoms. The van der Waals surface area contributed by atoms with Gasteiger partial charge in [-0.05, 0) is 94.2 Å². The molecule has 2 heterocycles. The maximum atomic E-state index is 13.7. The number of amides is 3. The summed E-state index contributed by atoms with van der Waals surface area (Å²) in [6.45, 7) is 7.83. The van der Waals surface area contributed by atoms with E-state index in [0.29, 0.717) is 58.7 Å². The first-order valence-electron chi connectivity index (χ1n) is 17.7. The molecule has 0 aromatic heterocycles. The number of nitrogens with one attached hydrogen (secondary N) is 2. The van der Waals surface area contributed by atoms with Gasteiger partial charge in [0.15, 0.2) is 0 Å². The van der Waals surface area contributed by atoms with Crippen molar-refractivity contribution in [1.82, 2.24) is 15.1 Å². The molecular weight excluding hydrogens is 634 g/mol. The standard InChI is InChI=1S/C39H51N5O6/c1-28(13-16-37(45)44-24-22-42(2)23-25-44)19-26-49-35-12-8-6-10-33(35)43(3)39(47)29-14-15-32(36(27-29)48-4)41-38(46)31-9-5-7-11-34(31)50-30-17-20-40-21-18-30/h5-12,14-15,27-28,30,40H,13,16-26H2,1-4H3,(H,41,46). The molecule has 0 spiro atoms. The number of carbonyl (C=O) groups excluding carboxylic acids is 3. The molecule has 5 rings (SSSR count). The van der Waals surface area contributed by atoms with Crippen LogP contribution in [0.4, 0.5) is 11.4 Å². The predicted molar refractivity (Wildman–Crippen MR) is 196 cm³/mol. The zero-order valence-corrected chi connectivity index (χ0v) is 29.8. The minimum absolute atomic E-state index is 0.0512. The number of piperidine rings is 1. The molecule has 2 saturated heterocycles. The van der Waals surface area contributed by atoms with E-state index in [9.17, 15) is 14.4 Å². The summed E-state index contributed by atoms with van der Waals surface area (Å²) in [6.07, 6.45) is 3.96. The van der Waals surface area contributed by atoms with Crippen molar-refractivity contribution in [3.05, 3.63) is 77.9 Å². The van der Waals surface area contributed by atoms with Gasteiger partial charge in [0.1, 0.15) is 23.4 Å². The van der Waals surface area contributed by atoms with Crippen molar-refractivity contribution in [1.29, 1.82) is 0 Å². The van der Waals surface area contributed by atoms with Crippen LogP contribution >= 0.6 is 0 Å². The number of rotatable bonds is 14. The Morgan fingerprint density at radius 2 is 1.62 bits per heavy atom. The van der Waals surface area contributed by atoms with Gasteiger partial charge in [-0.2, -0.15) is 0 Å². The zero-order chi connectivity index (χ0) is 35.5. The number of anilines is 2. The number of hydrogen-bond acceptors (Lipinski definition) is 8. The van der Waals surface area contributed by atoms with Crippen molar-refractivity contribution in [3.8, 4) is 17.2 Å². The van der Waals surface area contributed by atoms with Crippen LogP contribution in [0.1, 0.15) is 59.7 Å². The highest BCUT2D eigenvalue weighted by atomic mass is 16.5. The van der Waals surface area contributed by atoms with E-state index in [2.05, 4.69) is 29.5 Å². The molecule has 1 atom stereocenters. The van der Waals surface area contributed by atoms with E-state index in [0.717, 1.165) is 65.0 Å². The molecule has 11 heteroatoms. The van der Waals surface area contributed by atoms with Crippen LogP contribution in [0.5, 0.6) is 17.2 Å². The summed E-state index contributed by atoms with van der Waals surface area (Å²) >= 11 is 0. The highest BCUT2D eigenvalue weighted by molar-refractivity contribution is 6.09. The molecule has 2 N–H and O–H groups in total. The fourth-order valence-electron chi connectivity index (χ4n) is 6.22. The molecule has 2 fully saturated rings. The molecule has 11 nitrogen and oxygen atoms in total. The number of para-hydroxylation sites is 3. The van der Waals surface area contributed by atoms with Crippen LogP contribution in [0.3, 0.4) is 0 Å². The molecule has 1 unspecified atom stereocenters. The van der Waals surface area contributed by atoms with Crippen LogP contribution in [0.25, 0.3) is 0 Å². The zero-order valence-electron chi connectivity index (χ0n) is 29.8. The van der Waals surface area contributed by atoms with Gasteiger partial charge in [0, 0.05) is 45.2 Å². The van der Waals surface area contributed by atoms with Crippen molar-refractivity contribution < 1.29 is 28.6 Å². The lowest BCUT2D eigenvalue weighted by Crippen LogP contribution is -2.47. The molecule has 3 amide bonds. The molecule has 268 valence electrons. The number of likely N-dealkylation sites (N-methyl/N-ethyl adjacent to an activating group) is 1. The third-order valence-electron chi connectivity index (χ3n) is 9.51. The maximum Gasteiger partial charge on any atom is 0.259 e. The van der Waals surface area contributed by atoms with Crippen molar-refractivity contribution in [2.45, 2.75) is 45.1 Å². The first-order chi connectivity index (χ1) is 24.2.